The van der Waals surface area contributed by atoms with Gasteiger partial charge in [0.1, 0.15) is 0 Å². The van der Waals surface area contributed by atoms with Crippen LogP contribution in [-0.2, 0) is 14.3 Å². The molecule has 0 radical (unpaired) electrons. The van der Waals surface area contributed by atoms with Crippen molar-refractivity contribution in [1.82, 2.24) is 0 Å². The van der Waals surface area contributed by atoms with Gasteiger partial charge in [-0.25, -0.2) is 4.79 Å². The Bertz CT molecular complexity index is 545. The van der Waals surface area contributed by atoms with E-state index >= 15 is 0 Å². The van der Waals surface area contributed by atoms with Gasteiger partial charge >= 0.3 is 5.97 Å². The number of cyclic esters (lactones) is 1. The molecule has 0 amide bonds. The van der Waals surface area contributed by atoms with Gasteiger partial charge in [-0.05, 0) is 86.9 Å². The maximum absolute atomic E-state index is 12.0. The Balaban J connectivity index is 1.57. The summed E-state index contributed by atoms with van der Waals surface area (Å²) < 4.78 is 10.9. The van der Waals surface area contributed by atoms with Gasteiger partial charge in [0, 0.05) is 0 Å². The summed E-state index contributed by atoms with van der Waals surface area (Å²) in [7, 11) is 0. The molecule has 0 aromatic carbocycles. The molecule has 3 rings (SSSR count). The van der Waals surface area contributed by atoms with Gasteiger partial charge in [-0.1, -0.05) is 41.8 Å². The third-order valence-corrected chi connectivity index (χ3v) is 7.90. The van der Waals surface area contributed by atoms with Crippen LogP contribution >= 0.6 is 15.9 Å². The van der Waals surface area contributed by atoms with E-state index in [0.717, 1.165) is 24.7 Å². The van der Waals surface area contributed by atoms with Gasteiger partial charge in [-0.3, -0.25) is 0 Å². The quantitative estimate of drug-likeness (QED) is 0.521. The van der Waals surface area contributed by atoms with Crippen molar-refractivity contribution in [1.29, 1.82) is 0 Å². The lowest BCUT2D eigenvalue weighted by atomic mass is 9.61. The molecule has 25 heavy (non-hydrogen) atoms. The predicted molar refractivity (Wildman–Crippen MR) is 103 cm³/mol. The molecule has 0 N–H and O–H groups in total. The highest BCUT2D eigenvalue weighted by Gasteiger charge is 2.50. The number of ether oxygens (including phenoxy) is 2. The molecule has 6 atom stereocenters. The molecule has 0 spiro atoms. The Hall–Kier alpha value is -0.350. The summed E-state index contributed by atoms with van der Waals surface area (Å²) in [4.78, 5) is 14.2. The molecule has 4 heteroatoms. The van der Waals surface area contributed by atoms with Gasteiger partial charge in [0.25, 0.3) is 0 Å². The second-order valence-corrected chi connectivity index (χ2v) is 9.43. The number of fused-ring (bicyclic) bond motifs is 1. The fraction of sp³-hybridized carbons (Fsp3) is 0.857. The van der Waals surface area contributed by atoms with Crippen LogP contribution in [0.15, 0.2) is 10.6 Å². The summed E-state index contributed by atoms with van der Waals surface area (Å²) in [5, 5.41) is 0. The summed E-state index contributed by atoms with van der Waals surface area (Å²) in [6.07, 6.45) is 9.19. The first-order valence-corrected chi connectivity index (χ1v) is 10.9. The molecule has 1 aliphatic heterocycles. The van der Waals surface area contributed by atoms with Gasteiger partial charge in [-0.2, -0.15) is 0 Å². The molecule has 1 unspecified atom stereocenters. The van der Waals surface area contributed by atoms with E-state index in [0.29, 0.717) is 11.3 Å². The maximum atomic E-state index is 12.0. The molecule has 3 aliphatic rings. The molecule has 3 fully saturated rings. The highest BCUT2D eigenvalue weighted by Crippen LogP contribution is 2.60. The smallest absolute Gasteiger partial charge is 0.340 e. The molecule has 1 heterocycles. The predicted octanol–water partition coefficient (Wildman–Crippen LogP) is 5.97. The second kappa shape index (κ2) is 7.34. The number of hydrogen-bond donors (Lipinski definition) is 0. The van der Waals surface area contributed by atoms with Crippen LogP contribution in [0.5, 0.6) is 0 Å². The number of rotatable bonds is 5. The van der Waals surface area contributed by atoms with E-state index in [-0.39, 0.29) is 5.97 Å². The van der Waals surface area contributed by atoms with Crippen molar-refractivity contribution in [3.05, 3.63) is 10.6 Å². The summed E-state index contributed by atoms with van der Waals surface area (Å²) in [6, 6.07) is 0. The largest absolute Gasteiger partial charge is 0.434 e. The van der Waals surface area contributed by atoms with E-state index in [1.807, 2.05) is 6.92 Å². The monoisotopic (exact) mass is 412 g/mol. The maximum Gasteiger partial charge on any atom is 0.340 e. The first-order valence-electron chi connectivity index (χ1n) is 9.98. The fourth-order valence-electron chi connectivity index (χ4n) is 5.98. The summed E-state index contributed by atoms with van der Waals surface area (Å²) >= 11 is 3.60. The van der Waals surface area contributed by atoms with Crippen LogP contribution < -0.4 is 0 Å². The normalized spacial score (nSPS) is 44.0. The highest BCUT2D eigenvalue weighted by molar-refractivity contribution is 9.11. The minimum Gasteiger partial charge on any atom is -0.434 e. The zero-order valence-corrected chi connectivity index (χ0v) is 17.7. The van der Waals surface area contributed by atoms with Crippen LogP contribution in [0.1, 0.15) is 79.1 Å². The molecular weight excluding hydrogens is 380 g/mol. The van der Waals surface area contributed by atoms with Crippen LogP contribution in [0.4, 0.5) is 0 Å². The van der Waals surface area contributed by atoms with E-state index in [2.05, 4.69) is 34.8 Å². The molecule has 142 valence electrons. The molecule has 1 saturated heterocycles. The van der Waals surface area contributed by atoms with Gasteiger partial charge in [0.2, 0.25) is 6.29 Å². The fourth-order valence-corrected chi connectivity index (χ4v) is 6.53. The summed E-state index contributed by atoms with van der Waals surface area (Å²) in [6.45, 7) is 8.62. The summed E-state index contributed by atoms with van der Waals surface area (Å²) in [5.41, 5.74) is 1.35. The van der Waals surface area contributed by atoms with Crippen molar-refractivity contribution >= 4 is 21.9 Å². The topological polar surface area (TPSA) is 35.5 Å². The van der Waals surface area contributed by atoms with Crippen molar-refractivity contribution in [2.24, 2.45) is 23.2 Å². The third kappa shape index (κ3) is 3.58. The van der Waals surface area contributed by atoms with Crippen molar-refractivity contribution in [3.63, 3.8) is 0 Å². The number of carbonyl (C=O) groups is 1. The standard InChI is InChI=1S/C21H33BrO3/c1-14(7-5-12-21(4)19(23)24-15(2)25-21)17-9-10-18-16(13-22)8-6-11-20(17,18)3/h13-15,17-18H,5-12H2,1-4H3/b16-13+/t14-,15-,17-,18?,20-,21-/m1/s1. The zero-order chi connectivity index (χ0) is 18.2. The van der Waals surface area contributed by atoms with E-state index in [4.69, 9.17) is 9.47 Å². The SMILES string of the molecule is C[C@@H]1OC(=O)[C@@](C)(CCC[C@@H](C)[C@H]2CCC3/C(=C/Br)CCC[C@@]32C)O1. The van der Waals surface area contributed by atoms with Crippen molar-refractivity contribution in [2.45, 2.75) is 91.0 Å². The Kier molecular flexibility index (Phi) is 5.70. The minimum atomic E-state index is -0.738. The Morgan fingerprint density at radius 2 is 2.12 bits per heavy atom. The van der Waals surface area contributed by atoms with Gasteiger partial charge in [-0.15, -0.1) is 0 Å². The lowest BCUT2D eigenvalue weighted by molar-refractivity contribution is -0.144. The Morgan fingerprint density at radius 1 is 1.36 bits per heavy atom. The average Bonchev–Trinajstić information content (AvgIpc) is 3.03. The first kappa shape index (κ1) is 19.4. The number of allylic oxidation sites excluding steroid dienone is 1. The zero-order valence-electron chi connectivity index (χ0n) is 16.1. The van der Waals surface area contributed by atoms with E-state index in [9.17, 15) is 4.79 Å². The van der Waals surface area contributed by atoms with E-state index in [1.165, 1.54) is 38.5 Å². The molecular formula is C21H33BrO3. The van der Waals surface area contributed by atoms with Crippen molar-refractivity contribution in [3.8, 4) is 0 Å². The average molecular weight is 413 g/mol. The van der Waals surface area contributed by atoms with Crippen molar-refractivity contribution in [2.75, 3.05) is 0 Å². The Labute approximate surface area is 161 Å². The number of halogens is 1. The lowest BCUT2D eigenvalue weighted by Gasteiger charge is -2.44. The summed E-state index contributed by atoms with van der Waals surface area (Å²) in [5.74, 6) is 2.06. The molecule has 2 saturated carbocycles. The molecule has 0 aromatic heterocycles. The van der Waals surface area contributed by atoms with E-state index < -0.39 is 11.9 Å². The Morgan fingerprint density at radius 3 is 2.76 bits per heavy atom. The van der Waals surface area contributed by atoms with Crippen LogP contribution in [-0.4, -0.2) is 17.9 Å². The lowest BCUT2D eigenvalue weighted by Crippen LogP contribution is -2.36. The molecule has 0 bridgehead atoms. The van der Waals surface area contributed by atoms with Gasteiger partial charge < -0.3 is 9.47 Å². The molecule has 3 nitrogen and oxygen atoms in total. The number of hydrogen-bond acceptors (Lipinski definition) is 3. The van der Waals surface area contributed by atoms with Crippen LogP contribution in [0.2, 0.25) is 0 Å². The van der Waals surface area contributed by atoms with Crippen LogP contribution in [0.3, 0.4) is 0 Å². The number of carbonyl (C=O) groups excluding carboxylic acids is 1. The third-order valence-electron chi connectivity index (χ3n) is 7.31. The van der Waals surface area contributed by atoms with Crippen molar-refractivity contribution < 1.29 is 14.3 Å². The van der Waals surface area contributed by atoms with E-state index in [1.54, 1.807) is 12.5 Å². The van der Waals surface area contributed by atoms with Gasteiger partial charge in [0.15, 0.2) is 5.60 Å². The second-order valence-electron chi connectivity index (χ2n) is 8.97. The van der Waals surface area contributed by atoms with Gasteiger partial charge in [0.05, 0.1) is 0 Å². The molecule has 0 aromatic rings. The number of esters is 1. The molecule has 2 aliphatic carbocycles. The van der Waals surface area contributed by atoms with Crippen LogP contribution in [0.25, 0.3) is 0 Å². The van der Waals surface area contributed by atoms with Crippen LogP contribution in [0, 0.1) is 23.2 Å². The first-order chi connectivity index (χ1) is 11.8. The minimum absolute atomic E-state index is 0.195. The highest BCUT2D eigenvalue weighted by atomic mass is 79.9.